The first-order valence-corrected chi connectivity index (χ1v) is 5.75. The average molecular weight is 224 g/mol. The summed E-state index contributed by atoms with van der Waals surface area (Å²) in [4.78, 5) is 20.8. The number of amides is 2. The largest absolute Gasteiger partial charge is 0.480 e. The van der Waals surface area contributed by atoms with Crippen molar-refractivity contribution in [2.45, 2.75) is 12.5 Å². The van der Waals surface area contributed by atoms with Gasteiger partial charge >= 0.3 is 12.0 Å². The Kier molecular flexibility index (Phi) is 4.35. The second kappa shape index (κ2) is 4.80. The van der Waals surface area contributed by atoms with Gasteiger partial charge < -0.3 is 16.2 Å². The molecule has 82 valence electrons. The van der Waals surface area contributed by atoms with Gasteiger partial charge in [-0.25, -0.2) is 18.0 Å². The maximum atomic E-state index is 10.7. The minimum Gasteiger partial charge on any atom is -0.480 e. The summed E-state index contributed by atoms with van der Waals surface area (Å²) in [5.41, 5.74) is 4.71. The lowest BCUT2D eigenvalue weighted by molar-refractivity contribution is -0.139. The number of hydrogen-bond donors (Lipinski definition) is 3. The molecule has 0 saturated heterocycles. The molecule has 0 aromatic rings. The van der Waals surface area contributed by atoms with Crippen LogP contribution >= 0.6 is 0 Å². The van der Waals surface area contributed by atoms with Crippen LogP contribution in [0.25, 0.3) is 0 Å². The summed E-state index contributed by atoms with van der Waals surface area (Å²) in [6, 6.07) is -2.26. The minimum absolute atomic E-state index is 0.197. The van der Waals surface area contributed by atoms with Gasteiger partial charge in [0.1, 0.15) is 15.9 Å². The lowest BCUT2D eigenvalue weighted by Crippen LogP contribution is -2.44. The molecular formula is C6H12N2O5S. The Balaban J connectivity index is 4.25. The summed E-state index contributed by atoms with van der Waals surface area (Å²) >= 11 is 0. The van der Waals surface area contributed by atoms with Crippen molar-refractivity contribution in [1.82, 2.24) is 5.32 Å². The number of urea groups is 1. The van der Waals surface area contributed by atoms with Gasteiger partial charge in [0, 0.05) is 6.26 Å². The smallest absolute Gasteiger partial charge is 0.326 e. The van der Waals surface area contributed by atoms with Crippen LogP contribution in [0.15, 0.2) is 0 Å². The highest BCUT2D eigenvalue weighted by molar-refractivity contribution is 7.90. The van der Waals surface area contributed by atoms with Gasteiger partial charge in [-0.15, -0.1) is 0 Å². The highest BCUT2D eigenvalue weighted by Crippen LogP contribution is 1.96. The van der Waals surface area contributed by atoms with Crippen molar-refractivity contribution in [3.63, 3.8) is 0 Å². The van der Waals surface area contributed by atoms with Crippen molar-refractivity contribution in [2.75, 3.05) is 12.0 Å². The molecule has 0 radical (unpaired) electrons. The monoisotopic (exact) mass is 224 g/mol. The van der Waals surface area contributed by atoms with E-state index in [2.05, 4.69) is 0 Å². The molecule has 0 saturated carbocycles. The maximum Gasteiger partial charge on any atom is 0.326 e. The van der Waals surface area contributed by atoms with Crippen molar-refractivity contribution in [3.05, 3.63) is 0 Å². The first-order chi connectivity index (χ1) is 6.22. The van der Waals surface area contributed by atoms with Gasteiger partial charge in [0.15, 0.2) is 0 Å². The van der Waals surface area contributed by atoms with Crippen LogP contribution < -0.4 is 11.1 Å². The Bertz CT molecular complexity index is 323. The fraction of sp³-hybridized carbons (Fsp3) is 0.667. The Morgan fingerprint density at radius 2 is 2.00 bits per heavy atom. The molecule has 0 fully saturated rings. The molecule has 2 amide bonds. The van der Waals surface area contributed by atoms with E-state index in [4.69, 9.17) is 10.8 Å². The zero-order chi connectivity index (χ0) is 11.4. The van der Waals surface area contributed by atoms with Crippen LogP contribution in [-0.2, 0) is 14.6 Å². The number of carbonyl (C=O) groups is 2. The number of sulfone groups is 1. The third-order valence-corrected chi connectivity index (χ3v) is 2.37. The van der Waals surface area contributed by atoms with E-state index in [1.807, 2.05) is 5.32 Å². The number of hydrogen-bond acceptors (Lipinski definition) is 4. The summed E-state index contributed by atoms with van der Waals surface area (Å²) in [5.74, 6) is -1.63. The fourth-order valence-corrected chi connectivity index (χ4v) is 1.42. The first kappa shape index (κ1) is 12.7. The van der Waals surface area contributed by atoms with E-state index in [0.29, 0.717) is 0 Å². The van der Waals surface area contributed by atoms with Gasteiger partial charge in [0.25, 0.3) is 0 Å². The highest BCUT2D eigenvalue weighted by atomic mass is 32.2. The molecule has 0 aliphatic rings. The molecule has 0 rings (SSSR count). The van der Waals surface area contributed by atoms with Gasteiger partial charge in [-0.1, -0.05) is 0 Å². The number of carbonyl (C=O) groups excluding carboxylic acids is 1. The molecule has 1 atom stereocenters. The Morgan fingerprint density at radius 3 is 2.29 bits per heavy atom. The molecular weight excluding hydrogens is 212 g/mol. The lowest BCUT2D eigenvalue weighted by Gasteiger charge is -2.11. The predicted octanol–water partition coefficient (Wildman–Crippen LogP) is -1.46. The van der Waals surface area contributed by atoms with Crippen LogP contribution in [0.3, 0.4) is 0 Å². The Morgan fingerprint density at radius 1 is 1.50 bits per heavy atom. The molecule has 14 heavy (non-hydrogen) atoms. The Labute approximate surface area is 81.2 Å². The first-order valence-electron chi connectivity index (χ1n) is 3.69. The number of rotatable bonds is 5. The molecule has 1 unspecified atom stereocenters. The van der Waals surface area contributed by atoms with Crippen molar-refractivity contribution in [2.24, 2.45) is 5.73 Å². The van der Waals surface area contributed by atoms with Crippen LogP contribution in [0.2, 0.25) is 0 Å². The molecule has 0 heterocycles. The zero-order valence-corrected chi connectivity index (χ0v) is 8.37. The molecule has 4 N–H and O–H groups in total. The van der Waals surface area contributed by atoms with Crippen LogP contribution in [0.4, 0.5) is 4.79 Å². The third kappa shape index (κ3) is 6.23. The zero-order valence-electron chi connectivity index (χ0n) is 7.56. The third-order valence-electron chi connectivity index (χ3n) is 1.39. The average Bonchev–Trinajstić information content (AvgIpc) is 1.94. The minimum atomic E-state index is -3.24. The van der Waals surface area contributed by atoms with Crippen molar-refractivity contribution in [3.8, 4) is 0 Å². The number of primary amides is 1. The summed E-state index contributed by atoms with van der Waals surface area (Å²) in [6.07, 6.45) is 0.785. The number of nitrogens with two attached hydrogens (primary N) is 1. The summed E-state index contributed by atoms with van der Waals surface area (Å²) < 4.78 is 21.4. The van der Waals surface area contributed by atoms with E-state index in [1.54, 1.807) is 0 Å². The maximum absolute atomic E-state index is 10.7. The number of carboxylic acids is 1. The Hall–Kier alpha value is -1.31. The van der Waals surface area contributed by atoms with Gasteiger partial charge in [-0.3, -0.25) is 0 Å². The fourth-order valence-electron chi connectivity index (χ4n) is 0.761. The van der Waals surface area contributed by atoms with Crippen molar-refractivity contribution in [1.29, 1.82) is 0 Å². The van der Waals surface area contributed by atoms with Gasteiger partial charge in [0.2, 0.25) is 0 Å². The summed E-state index contributed by atoms with van der Waals surface area (Å²) in [6.45, 7) is 0. The van der Waals surface area contributed by atoms with Gasteiger partial charge in [0.05, 0.1) is 5.75 Å². The van der Waals surface area contributed by atoms with E-state index >= 15 is 0 Å². The number of nitrogens with one attached hydrogen (secondary N) is 1. The molecule has 0 spiro atoms. The SMILES string of the molecule is CS(=O)(=O)CCC(NC(N)=O)C(=O)O. The lowest BCUT2D eigenvalue weighted by atomic mass is 10.2. The second-order valence-corrected chi connectivity index (χ2v) is 5.08. The quantitative estimate of drug-likeness (QED) is 0.526. The molecule has 0 aromatic carbocycles. The number of aliphatic carboxylic acids is 1. The molecule has 0 aliphatic heterocycles. The van der Waals surface area contributed by atoms with E-state index in [1.165, 1.54) is 0 Å². The van der Waals surface area contributed by atoms with E-state index < -0.39 is 27.9 Å². The molecule has 0 aromatic heterocycles. The summed E-state index contributed by atoms with van der Waals surface area (Å²) in [5, 5.41) is 10.5. The van der Waals surface area contributed by atoms with Crippen LogP contribution in [0.1, 0.15) is 6.42 Å². The topological polar surface area (TPSA) is 127 Å². The highest BCUT2D eigenvalue weighted by Gasteiger charge is 2.20. The van der Waals surface area contributed by atoms with E-state index in [9.17, 15) is 18.0 Å². The normalized spacial score (nSPS) is 13.2. The van der Waals surface area contributed by atoms with Crippen LogP contribution in [0.5, 0.6) is 0 Å². The van der Waals surface area contributed by atoms with E-state index in [0.717, 1.165) is 6.26 Å². The second-order valence-electron chi connectivity index (χ2n) is 2.82. The van der Waals surface area contributed by atoms with Gasteiger partial charge in [-0.05, 0) is 6.42 Å². The van der Waals surface area contributed by atoms with E-state index in [-0.39, 0.29) is 12.2 Å². The molecule has 0 bridgehead atoms. The molecule has 8 heteroatoms. The van der Waals surface area contributed by atoms with Crippen molar-refractivity contribution < 1.29 is 23.1 Å². The molecule has 7 nitrogen and oxygen atoms in total. The predicted molar refractivity (Wildman–Crippen MR) is 48.5 cm³/mol. The number of carboxylic acid groups (broad SMARTS) is 1. The van der Waals surface area contributed by atoms with Crippen molar-refractivity contribution >= 4 is 21.8 Å². The van der Waals surface area contributed by atoms with Crippen LogP contribution in [0, 0.1) is 0 Å². The standard InChI is InChI=1S/C6H12N2O5S/c1-14(12,13)3-2-4(5(9)10)8-6(7)11/h4H,2-3H2,1H3,(H,9,10)(H3,7,8,11). The summed E-state index contributed by atoms with van der Waals surface area (Å²) in [7, 11) is -3.24. The van der Waals surface area contributed by atoms with Gasteiger partial charge in [-0.2, -0.15) is 0 Å². The molecule has 0 aliphatic carbocycles. The van der Waals surface area contributed by atoms with Crippen LogP contribution in [-0.4, -0.2) is 43.6 Å².